The average Bonchev–Trinajstić information content (AvgIpc) is 2.85. The van der Waals surface area contributed by atoms with Gasteiger partial charge in [0.1, 0.15) is 0 Å². The van der Waals surface area contributed by atoms with Crippen LogP contribution in [0.3, 0.4) is 0 Å². The van der Waals surface area contributed by atoms with Gasteiger partial charge < -0.3 is 9.84 Å². The molecule has 6 heteroatoms. The van der Waals surface area contributed by atoms with Crippen LogP contribution in [0.2, 0.25) is 0 Å². The van der Waals surface area contributed by atoms with E-state index < -0.39 is 0 Å². The maximum atomic E-state index is 11.8. The van der Waals surface area contributed by atoms with Crippen LogP contribution in [0.25, 0.3) is 0 Å². The lowest BCUT2D eigenvalue weighted by molar-refractivity contribution is 0.0954. The van der Waals surface area contributed by atoms with E-state index in [1.165, 1.54) is 6.39 Å². The first-order chi connectivity index (χ1) is 8.66. The molecule has 0 saturated heterocycles. The first kappa shape index (κ1) is 12.8. The van der Waals surface area contributed by atoms with Crippen molar-refractivity contribution in [2.45, 2.75) is 13.3 Å². The second kappa shape index (κ2) is 5.77. The average molecular weight is 310 g/mol. The number of nitrogens with zero attached hydrogens (tertiary/aromatic N) is 2. The fraction of sp³-hybridized carbons (Fsp3) is 0.250. The van der Waals surface area contributed by atoms with Crippen LogP contribution in [-0.2, 0) is 6.42 Å². The SMILES string of the molecule is Cc1cc(C(=O)NCCc2ncon2)ccc1Br. The summed E-state index contributed by atoms with van der Waals surface area (Å²) >= 11 is 3.40. The van der Waals surface area contributed by atoms with Crippen molar-refractivity contribution in [3.63, 3.8) is 0 Å². The Labute approximate surface area is 113 Å². The topological polar surface area (TPSA) is 68.0 Å². The summed E-state index contributed by atoms with van der Waals surface area (Å²) in [4.78, 5) is 15.7. The molecule has 0 aliphatic rings. The van der Waals surface area contributed by atoms with Gasteiger partial charge in [0.05, 0.1) is 0 Å². The molecular weight excluding hydrogens is 298 g/mol. The van der Waals surface area contributed by atoms with E-state index in [2.05, 4.69) is 35.9 Å². The van der Waals surface area contributed by atoms with E-state index in [9.17, 15) is 4.79 Å². The molecule has 0 fully saturated rings. The lowest BCUT2D eigenvalue weighted by Gasteiger charge is -2.05. The molecule has 0 unspecified atom stereocenters. The molecule has 0 spiro atoms. The molecule has 1 N–H and O–H groups in total. The summed E-state index contributed by atoms with van der Waals surface area (Å²) in [6, 6.07) is 5.48. The molecule has 0 bridgehead atoms. The second-order valence-electron chi connectivity index (χ2n) is 3.82. The van der Waals surface area contributed by atoms with E-state index >= 15 is 0 Å². The molecule has 18 heavy (non-hydrogen) atoms. The third-order valence-electron chi connectivity index (χ3n) is 2.46. The third kappa shape index (κ3) is 3.16. The van der Waals surface area contributed by atoms with E-state index in [4.69, 9.17) is 0 Å². The largest absolute Gasteiger partial charge is 0.352 e. The highest BCUT2D eigenvalue weighted by Crippen LogP contribution is 2.16. The number of rotatable bonds is 4. The summed E-state index contributed by atoms with van der Waals surface area (Å²) in [5.74, 6) is 0.483. The number of amides is 1. The summed E-state index contributed by atoms with van der Waals surface area (Å²) < 4.78 is 5.60. The van der Waals surface area contributed by atoms with Gasteiger partial charge in [-0.2, -0.15) is 4.98 Å². The smallest absolute Gasteiger partial charge is 0.251 e. The monoisotopic (exact) mass is 309 g/mol. The predicted molar refractivity (Wildman–Crippen MR) is 69.2 cm³/mol. The Morgan fingerprint density at radius 2 is 2.33 bits per heavy atom. The molecule has 1 amide bonds. The second-order valence-corrected chi connectivity index (χ2v) is 4.67. The fourth-order valence-electron chi connectivity index (χ4n) is 1.48. The molecule has 5 nitrogen and oxygen atoms in total. The van der Waals surface area contributed by atoms with Gasteiger partial charge in [0.25, 0.3) is 5.91 Å². The Balaban J connectivity index is 1.89. The molecule has 0 aliphatic heterocycles. The van der Waals surface area contributed by atoms with E-state index in [1.54, 1.807) is 6.07 Å². The van der Waals surface area contributed by atoms with Crippen molar-refractivity contribution in [2.75, 3.05) is 6.54 Å². The lowest BCUT2D eigenvalue weighted by Crippen LogP contribution is -2.26. The van der Waals surface area contributed by atoms with E-state index in [-0.39, 0.29) is 5.91 Å². The fourth-order valence-corrected chi connectivity index (χ4v) is 1.73. The van der Waals surface area contributed by atoms with Gasteiger partial charge in [0, 0.05) is 23.0 Å². The molecule has 94 valence electrons. The highest BCUT2D eigenvalue weighted by atomic mass is 79.9. The van der Waals surface area contributed by atoms with Crippen LogP contribution in [0.4, 0.5) is 0 Å². The van der Waals surface area contributed by atoms with Gasteiger partial charge >= 0.3 is 0 Å². The minimum absolute atomic E-state index is 0.103. The lowest BCUT2D eigenvalue weighted by atomic mass is 10.1. The van der Waals surface area contributed by atoms with Crippen LogP contribution in [0.15, 0.2) is 33.6 Å². The number of nitrogens with one attached hydrogen (secondary N) is 1. The van der Waals surface area contributed by atoms with Gasteiger partial charge in [-0.15, -0.1) is 0 Å². The van der Waals surface area contributed by atoms with E-state index in [1.807, 2.05) is 19.1 Å². The van der Waals surface area contributed by atoms with E-state index in [0.29, 0.717) is 24.4 Å². The number of carbonyl (C=O) groups excluding carboxylic acids is 1. The molecule has 1 aromatic carbocycles. The van der Waals surface area contributed by atoms with Crippen LogP contribution >= 0.6 is 15.9 Å². The summed E-state index contributed by atoms with van der Waals surface area (Å²) in [7, 11) is 0. The highest BCUT2D eigenvalue weighted by molar-refractivity contribution is 9.10. The number of aryl methyl sites for hydroxylation is 1. The predicted octanol–water partition coefficient (Wildman–Crippen LogP) is 2.11. The molecule has 0 saturated carbocycles. The van der Waals surface area contributed by atoms with Gasteiger partial charge in [-0.3, -0.25) is 4.79 Å². The normalized spacial score (nSPS) is 10.3. The molecule has 1 heterocycles. The minimum Gasteiger partial charge on any atom is -0.352 e. The first-order valence-corrected chi connectivity index (χ1v) is 6.25. The maximum Gasteiger partial charge on any atom is 0.251 e. The van der Waals surface area contributed by atoms with E-state index in [0.717, 1.165) is 10.0 Å². The van der Waals surface area contributed by atoms with Crippen LogP contribution < -0.4 is 5.32 Å². The Morgan fingerprint density at radius 3 is 3.00 bits per heavy atom. The molecule has 0 radical (unpaired) electrons. The molecule has 2 aromatic rings. The zero-order valence-electron chi connectivity index (χ0n) is 9.81. The molecule has 0 atom stereocenters. The molecule has 1 aromatic heterocycles. The van der Waals surface area contributed by atoms with Crippen molar-refractivity contribution in [3.8, 4) is 0 Å². The number of hydrogen-bond acceptors (Lipinski definition) is 4. The van der Waals surface area contributed by atoms with Gasteiger partial charge in [-0.05, 0) is 30.7 Å². The summed E-state index contributed by atoms with van der Waals surface area (Å²) in [6.45, 7) is 2.42. The van der Waals surface area contributed by atoms with Gasteiger partial charge in [0.15, 0.2) is 5.82 Å². The van der Waals surface area contributed by atoms with Crippen LogP contribution in [0.1, 0.15) is 21.7 Å². The van der Waals surface area contributed by atoms with Crippen LogP contribution in [0, 0.1) is 6.92 Å². The Hall–Kier alpha value is -1.69. The quantitative estimate of drug-likeness (QED) is 0.939. The van der Waals surface area contributed by atoms with Gasteiger partial charge in [0.2, 0.25) is 6.39 Å². The summed E-state index contributed by atoms with van der Waals surface area (Å²) in [5, 5.41) is 6.48. The standard InChI is InChI=1S/C12H12BrN3O2/c1-8-6-9(2-3-10(8)13)12(17)14-5-4-11-15-7-18-16-11/h2-3,6-7H,4-5H2,1H3,(H,14,17). The number of carbonyl (C=O) groups is 1. The van der Waals surface area contributed by atoms with Crippen molar-refractivity contribution in [1.29, 1.82) is 0 Å². The van der Waals surface area contributed by atoms with Crippen molar-refractivity contribution in [1.82, 2.24) is 15.5 Å². The number of halogens is 1. The highest BCUT2D eigenvalue weighted by Gasteiger charge is 2.07. The third-order valence-corrected chi connectivity index (χ3v) is 3.35. The molecule has 2 rings (SSSR count). The number of hydrogen-bond donors (Lipinski definition) is 1. The van der Waals surface area contributed by atoms with Crippen molar-refractivity contribution in [3.05, 3.63) is 46.0 Å². The number of benzene rings is 1. The van der Waals surface area contributed by atoms with Crippen molar-refractivity contribution in [2.24, 2.45) is 0 Å². The summed E-state index contributed by atoms with van der Waals surface area (Å²) in [5.41, 5.74) is 1.67. The Morgan fingerprint density at radius 1 is 1.50 bits per heavy atom. The summed E-state index contributed by atoms with van der Waals surface area (Å²) in [6.07, 6.45) is 1.83. The van der Waals surface area contributed by atoms with Gasteiger partial charge in [-0.25, -0.2) is 0 Å². The zero-order valence-corrected chi connectivity index (χ0v) is 11.4. The zero-order chi connectivity index (χ0) is 13.0. The van der Waals surface area contributed by atoms with Crippen LogP contribution in [0.5, 0.6) is 0 Å². The Kier molecular flexibility index (Phi) is 4.09. The number of aromatic nitrogens is 2. The van der Waals surface area contributed by atoms with Crippen LogP contribution in [-0.4, -0.2) is 22.6 Å². The first-order valence-electron chi connectivity index (χ1n) is 5.46. The Bertz CT molecular complexity index is 540. The molecular formula is C12H12BrN3O2. The van der Waals surface area contributed by atoms with Gasteiger partial charge in [-0.1, -0.05) is 21.1 Å². The molecule has 0 aliphatic carbocycles. The van der Waals surface area contributed by atoms with Crippen molar-refractivity contribution >= 4 is 21.8 Å². The van der Waals surface area contributed by atoms with Crippen molar-refractivity contribution < 1.29 is 9.32 Å². The minimum atomic E-state index is -0.103. The maximum absolute atomic E-state index is 11.8.